The number of esters is 1. The summed E-state index contributed by atoms with van der Waals surface area (Å²) in [5, 5.41) is 4.95. The molecule has 1 unspecified atom stereocenters. The Kier molecular flexibility index (Phi) is 5.26. The maximum absolute atomic E-state index is 12.6. The fraction of sp³-hybridized carbons (Fsp3) is 0.643. The molecule has 1 fully saturated rings. The van der Waals surface area contributed by atoms with Gasteiger partial charge in [0.15, 0.2) is 0 Å². The summed E-state index contributed by atoms with van der Waals surface area (Å²) in [6.45, 7) is 5.84. The highest BCUT2D eigenvalue weighted by atomic mass is 32.2. The van der Waals surface area contributed by atoms with Gasteiger partial charge in [-0.3, -0.25) is 0 Å². The Hall–Kier alpha value is -0.960. The second-order valence-electron chi connectivity index (χ2n) is 5.98. The number of hydrogen-bond donors (Lipinski definition) is 2. The summed E-state index contributed by atoms with van der Waals surface area (Å²) in [5.74, 6) is -0.621. The monoisotopic (exact) mass is 346 g/mol. The van der Waals surface area contributed by atoms with Crippen molar-refractivity contribution in [3.8, 4) is 0 Å². The molecule has 1 aromatic rings. The number of carbonyl (C=O) groups excluding carboxylic acids is 1. The molecule has 1 aromatic heterocycles. The van der Waals surface area contributed by atoms with E-state index in [-0.39, 0.29) is 15.2 Å². The molecule has 0 spiro atoms. The van der Waals surface area contributed by atoms with Gasteiger partial charge in [0.05, 0.1) is 7.11 Å². The van der Waals surface area contributed by atoms with Crippen molar-refractivity contribution in [2.75, 3.05) is 26.7 Å². The third kappa shape index (κ3) is 3.68. The van der Waals surface area contributed by atoms with Crippen LogP contribution in [0.1, 0.15) is 35.0 Å². The van der Waals surface area contributed by atoms with Gasteiger partial charge in [0.1, 0.15) is 9.77 Å². The standard InChI is InChI=1S/C14H22N2O4S2/c1-10-7-21-11(13(17)20-3)12(10)22(18,19)16-9-14(2)5-4-6-15-8-14/h7,15-16H,4-6,8-9H2,1-3H3. The number of hydrogen-bond acceptors (Lipinski definition) is 6. The number of nitrogens with one attached hydrogen (secondary N) is 2. The third-order valence-electron chi connectivity index (χ3n) is 3.93. The second kappa shape index (κ2) is 6.66. The summed E-state index contributed by atoms with van der Waals surface area (Å²) < 4.78 is 32.5. The highest BCUT2D eigenvalue weighted by Crippen LogP contribution is 2.29. The first kappa shape index (κ1) is 17.4. The van der Waals surface area contributed by atoms with E-state index in [1.807, 2.05) is 0 Å². The van der Waals surface area contributed by atoms with E-state index < -0.39 is 16.0 Å². The van der Waals surface area contributed by atoms with Crippen LogP contribution in [-0.4, -0.2) is 41.1 Å². The number of rotatable bonds is 5. The van der Waals surface area contributed by atoms with Crippen LogP contribution in [0.3, 0.4) is 0 Å². The van der Waals surface area contributed by atoms with Crippen molar-refractivity contribution in [1.29, 1.82) is 0 Å². The molecule has 2 heterocycles. The van der Waals surface area contributed by atoms with Crippen molar-refractivity contribution in [3.05, 3.63) is 15.8 Å². The van der Waals surface area contributed by atoms with Crippen molar-refractivity contribution in [1.82, 2.24) is 10.0 Å². The summed E-state index contributed by atoms with van der Waals surface area (Å²) in [6, 6.07) is 0. The molecule has 22 heavy (non-hydrogen) atoms. The van der Waals surface area contributed by atoms with E-state index in [0.29, 0.717) is 12.1 Å². The zero-order valence-electron chi connectivity index (χ0n) is 13.1. The summed E-state index contributed by atoms with van der Waals surface area (Å²) in [4.78, 5) is 11.9. The molecular formula is C14H22N2O4S2. The molecule has 1 saturated heterocycles. The molecule has 1 atom stereocenters. The Morgan fingerprint density at radius 2 is 2.27 bits per heavy atom. The smallest absolute Gasteiger partial charge is 0.349 e. The number of piperidine rings is 1. The third-order valence-corrected chi connectivity index (χ3v) is 6.73. The normalized spacial score (nSPS) is 22.5. The molecule has 1 aliphatic rings. The lowest BCUT2D eigenvalue weighted by Gasteiger charge is -2.34. The maximum atomic E-state index is 12.6. The second-order valence-corrected chi connectivity index (χ2v) is 8.57. The van der Waals surface area contributed by atoms with Gasteiger partial charge in [0.2, 0.25) is 10.0 Å². The fourth-order valence-electron chi connectivity index (χ4n) is 2.61. The molecule has 0 radical (unpaired) electrons. The van der Waals surface area contributed by atoms with Gasteiger partial charge in [-0.25, -0.2) is 17.9 Å². The largest absolute Gasteiger partial charge is 0.465 e. The number of sulfonamides is 1. The average Bonchev–Trinajstić information content (AvgIpc) is 2.88. The minimum atomic E-state index is -3.74. The molecule has 8 heteroatoms. The summed E-state index contributed by atoms with van der Waals surface area (Å²) in [7, 11) is -2.49. The van der Waals surface area contributed by atoms with Crippen LogP contribution in [0.4, 0.5) is 0 Å². The van der Waals surface area contributed by atoms with E-state index in [0.717, 1.165) is 37.3 Å². The zero-order chi connectivity index (χ0) is 16.4. The van der Waals surface area contributed by atoms with Crippen LogP contribution in [0, 0.1) is 12.3 Å². The van der Waals surface area contributed by atoms with Gasteiger partial charge in [0, 0.05) is 13.1 Å². The summed E-state index contributed by atoms with van der Waals surface area (Å²) >= 11 is 1.09. The van der Waals surface area contributed by atoms with E-state index in [1.54, 1.807) is 12.3 Å². The van der Waals surface area contributed by atoms with Crippen LogP contribution < -0.4 is 10.0 Å². The van der Waals surface area contributed by atoms with Crippen LogP contribution in [-0.2, 0) is 14.8 Å². The molecule has 2 N–H and O–H groups in total. The molecule has 124 valence electrons. The van der Waals surface area contributed by atoms with Crippen molar-refractivity contribution in [2.24, 2.45) is 5.41 Å². The minimum absolute atomic E-state index is 0.0386. The molecule has 0 saturated carbocycles. The van der Waals surface area contributed by atoms with E-state index in [9.17, 15) is 13.2 Å². The number of carbonyl (C=O) groups is 1. The Balaban J connectivity index is 2.20. The SMILES string of the molecule is COC(=O)c1scc(C)c1S(=O)(=O)NCC1(C)CCCNC1. The molecular weight excluding hydrogens is 324 g/mol. The predicted octanol–water partition coefficient (Wildman–Crippen LogP) is 1.51. The highest BCUT2D eigenvalue weighted by molar-refractivity contribution is 7.89. The lowest BCUT2D eigenvalue weighted by molar-refractivity contribution is 0.0602. The average molecular weight is 346 g/mol. The van der Waals surface area contributed by atoms with Gasteiger partial charge in [-0.1, -0.05) is 6.92 Å². The molecule has 0 amide bonds. The Morgan fingerprint density at radius 3 is 2.86 bits per heavy atom. The van der Waals surface area contributed by atoms with Gasteiger partial charge in [-0.2, -0.15) is 0 Å². The van der Waals surface area contributed by atoms with E-state index in [1.165, 1.54) is 7.11 Å². The van der Waals surface area contributed by atoms with Crippen LogP contribution in [0.15, 0.2) is 10.3 Å². The van der Waals surface area contributed by atoms with Crippen LogP contribution >= 0.6 is 11.3 Å². The van der Waals surface area contributed by atoms with E-state index in [2.05, 4.69) is 21.7 Å². The quantitative estimate of drug-likeness (QED) is 0.790. The van der Waals surface area contributed by atoms with Gasteiger partial charge in [0.25, 0.3) is 0 Å². The number of methoxy groups -OCH3 is 1. The first-order valence-corrected chi connectivity index (χ1v) is 9.52. The fourth-order valence-corrected chi connectivity index (χ4v) is 5.51. The van der Waals surface area contributed by atoms with Crippen molar-refractivity contribution < 1.29 is 17.9 Å². The number of thiophene rings is 1. The van der Waals surface area contributed by atoms with Crippen LogP contribution in [0.25, 0.3) is 0 Å². The van der Waals surface area contributed by atoms with Gasteiger partial charge < -0.3 is 10.1 Å². The topological polar surface area (TPSA) is 84.5 Å². The zero-order valence-corrected chi connectivity index (χ0v) is 14.7. The Bertz CT molecular complexity index is 646. The van der Waals surface area contributed by atoms with E-state index in [4.69, 9.17) is 0 Å². The minimum Gasteiger partial charge on any atom is -0.465 e. The van der Waals surface area contributed by atoms with E-state index >= 15 is 0 Å². The van der Waals surface area contributed by atoms with Crippen LogP contribution in [0.2, 0.25) is 0 Å². The van der Waals surface area contributed by atoms with Crippen molar-refractivity contribution >= 4 is 27.3 Å². The first-order valence-electron chi connectivity index (χ1n) is 7.16. The lowest BCUT2D eigenvalue weighted by Crippen LogP contribution is -2.45. The molecule has 0 aromatic carbocycles. The Morgan fingerprint density at radius 1 is 1.55 bits per heavy atom. The van der Waals surface area contributed by atoms with Gasteiger partial charge >= 0.3 is 5.97 Å². The van der Waals surface area contributed by atoms with Crippen LogP contribution in [0.5, 0.6) is 0 Å². The summed E-state index contributed by atoms with van der Waals surface area (Å²) in [6.07, 6.45) is 2.00. The van der Waals surface area contributed by atoms with Gasteiger partial charge in [-0.15, -0.1) is 11.3 Å². The van der Waals surface area contributed by atoms with Crippen molar-refractivity contribution in [3.63, 3.8) is 0 Å². The lowest BCUT2D eigenvalue weighted by atomic mass is 9.83. The molecule has 0 bridgehead atoms. The Labute approximate surface area is 135 Å². The summed E-state index contributed by atoms with van der Waals surface area (Å²) in [5.41, 5.74) is 0.450. The van der Waals surface area contributed by atoms with Gasteiger partial charge in [-0.05, 0) is 42.7 Å². The highest BCUT2D eigenvalue weighted by Gasteiger charge is 2.32. The first-order chi connectivity index (χ1) is 10.3. The molecule has 6 nitrogen and oxygen atoms in total. The molecule has 1 aliphatic heterocycles. The predicted molar refractivity (Wildman–Crippen MR) is 85.8 cm³/mol. The number of aryl methyl sites for hydroxylation is 1. The molecule has 0 aliphatic carbocycles. The molecule has 2 rings (SSSR count). The maximum Gasteiger partial charge on any atom is 0.349 e. The number of ether oxygens (including phenoxy) is 1. The van der Waals surface area contributed by atoms with Crippen molar-refractivity contribution in [2.45, 2.75) is 31.6 Å².